The monoisotopic (exact) mass is 417 g/mol. The van der Waals surface area contributed by atoms with E-state index in [1.54, 1.807) is 24.3 Å². The number of hydrogen-bond acceptors (Lipinski definition) is 4. The van der Waals surface area contributed by atoms with Crippen LogP contribution >= 0.6 is 11.6 Å². The fraction of sp³-hybridized carbons (Fsp3) is 0.238. The van der Waals surface area contributed by atoms with Crippen molar-refractivity contribution in [3.05, 3.63) is 80.2 Å². The molecule has 1 aliphatic rings. The quantitative estimate of drug-likeness (QED) is 0.698. The summed E-state index contributed by atoms with van der Waals surface area (Å²) < 4.78 is 33.5. The molecule has 0 atom stereocenters. The second-order valence-electron chi connectivity index (χ2n) is 6.88. The molecule has 5 nitrogen and oxygen atoms in total. The molecule has 0 unspecified atom stereocenters. The first-order chi connectivity index (χ1) is 13.9. The van der Waals surface area contributed by atoms with Crippen LogP contribution in [0.2, 0.25) is 5.02 Å². The van der Waals surface area contributed by atoms with Gasteiger partial charge in [-0.05, 0) is 30.7 Å². The smallest absolute Gasteiger partial charge is 0.254 e. The summed E-state index contributed by atoms with van der Waals surface area (Å²) in [7, 11) is 1.36. The topological polar surface area (TPSA) is 58.2 Å². The van der Waals surface area contributed by atoms with E-state index in [0.29, 0.717) is 41.6 Å². The van der Waals surface area contributed by atoms with Gasteiger partial charge in [-0.2, -0.15) is 0 Å². The van der Waals surface area contributed by atoms with Gasteiger partial charge < -0.3 is 9.72 Å². The van der Waals surface area contributed by atoms with Gasteiger partial charge in [-0.3, -0.25) is 9.69 Å². The molecule has 8 heteroatoms. The lowest BCUT2D eigenvalue weighted by molar-refractivity contribution is 0.233. The third-order valence-electron chi connectivity index (χ3n) is 5.00. The van der Waals surface area contributed by atoms with Crippen LogP contribution in [0.4, 0.5) is 8.78 Å². The van der Waals surface area contributed by atoms with E-state index in [-0.39, 0.29) is 23.4 Å². The fourth-order valence-corrected chi connectivity index (χ4v) is 3.57. The van der Waals surface area contributed by atoms with E-state index in [4.69, 9.17) is 16.3 Å². The molecular formula is C21H18ClF2N3O2. The molecule has 0 radical (unpaired) electrons. The maximum absolute atomic E-state index is 14.3. The SMILES string of the molecule is COc1cc(F)c(CN2CCc3c(nc(-c4ccc(Cl)cc4)[nH]c3=O)C2)c(F)c1. The molecule has 3 aromatic rings. The van der Waals surface area contributed by atoms with Gasteiger partial charge >= 0.3 is 0 Å². The molecule has 0 fully saturated rings. The molecule has 0 aliphatic carbocycles. The number of halogens is 3. The molecule has 150 valence electrons. The Labute approximate surface area is 170 Å². The number of aromatic amines is 1. The summed E-state index contributed by atoms with van der Waals surface area (Å²) in [5, 5.41) is 0.587. The van der Waals surface area contributed by atoms with E-state index in [1.807, 2.05) is 4.90 Å². The van der Waals surface area contributed by atoms with Gasteiger partial charge in [0.15, 0.2) is 0 Å². The van der Waals surface area contributed by atoms with E-state index in [9.17, 15) is 13.6 Å². The highest BCUT2D eigenvalue weighted by Gasteiger charge is 2.23. The summed E-state index contributed by atoms with van der Waals surface area (Å²) in [5.41, 5.74) is 1.73. The van der Waals surface area contributed by atoms with Gasteiger partial charge in [0, 0.05) is 53.5 Å². The molecule has 2 heterocycles. The molecule has 0 bridgehead atoms. The van der Waals surface area contributed by atoms with E-state index in [1.165, 1.54) is 7.11 Å². The lowest BCUT2D eigenvalue weighted by Gasteiger charge is -2.28. The van der Waals surface area contributed by atoms with Crippen molar-refractivity contribution in [2.75, 3.05) is 13.7 Å². The van der Waals surface area contributed by atoms with E-state index in [0.717, 1.165) is 17.7 Å². The minimum Gasteiger partial charge on any atom is -0.497 e. The molecule has 1 aromatic heterocycles. The predicted octanol–water partition coefficient (Wildman–Crippen LogP) is 3.94. The van der Waals surface area contributed by atoms with Gasteiger partial charge in [0.1, 0.15) is 23.2 Å². The third-order valence-corrected chi connectivity index (χ3v) is 5.25. The number of H-pyrrole nitrogens is 1. The first-order valence-electron chi connectivity index (χ1n) is 9.07. The molecule has 29 heavy (non-hydrogen) atoms. The molecule has 0 amide bonds. The van der Waals surface area contributed by atoms with Gasteiger partial charge in [0.25, 0.3) is 5.56 Å². The largest absolute Gasteiger partial charge is 0.497 e. The zero-order valence-electron chi connectivity index (χ0n) is 15.6. The second kappa shape index (κ2) is 7.93. The summed E-state index contributed by atoms with van der Waals surface area (Å²) >= 11 is 5.92. The minimum atomic E-state index is -0.659. The van der Waals surface area contributed by atoms with Gasteiger partial charge in [-0.15, -0.1) is 0 Å². The van der Waals surface area contributed by atoms with Crippen molar-refractivity contribution in [1.82, 2.24) is 14.9 Å². The van der Waals surface area contributed by atoms with Crippen LogP contribution in [-0.4, -0.2) is 28.5 Å². The highest BCUT2D eigenvalue weighted by atomic mass is 35.5. The Morgan fingerprint density at radius 2 is 1.90 bits per heavy atom. The first-order valence-corrected chi connectivity index (χ1v) is 9.44. The number of hydrogen-bond donors (Lipinski definition) is 1. The zero-order valence-corrected chi connectivity index (χ0v) is 16.4. The summed E-state index contributed by atoms with van der Waals surface area (Å²) in [6.45, 7) is 0.902. The number of nitrogens with one attached hydrogen (secondary N) is 1. The Morgan fingerprint density at radius 3 is 2.55 bits per heavy atom. The summed E-state index contributed by atoms with van der Waals surface area (Å²) in [6.07, 6.45) is 0.456. The average molecular weight is 418 g/mol. The second-order valence-corrected chi connectivity index (χ2v) is 7.31. The normalized spacial score (nSPS) is 13.9. The average Bonchev–Trinajstić information content (AvgIpc) is 2.70. The molecule has 1 N–H and O–H groups in total. The van der Waals surface area contributed by atoms with Crippen LogP contribution in [0.1, 0.15) is 16.8 Å². The van der Waals surface area contributed by atoms with Crippen LogP contribution in [0.3, 0.4) is 0 Å². The van der Waals surface area contributed by atoms with Gasteiger partial charge in [-0.25, -0.2) is 13.8 Å². The number of ether oxygens (including phenoxy) is 1. The van der Waals surface area contributed by atoms with Crippen molar-refractivity contribution in [2.24, 2.45) is 0 Å². The molecular weight excluding hydrogens is 400 g/mol. The molecule has 0 spiro atoms. The number of benzene rings is 2. The Hall–Kier alpha value is -2.77. The number of rotatable bonds is 4. The zero-order chi connectivity index (χ0) is 20.5. The highest BCUT2D eigenvalue weighted by molar-refractivity contribution is 6.30. The number of aromatic nitrogens is 2. The Balaban J connectivity index is 1.61. The molecule has 4 rings (SSSR count). The van der Waals surface area contributed by atoms with Crippen molar-refractivity contribution in [3.63, 3.8) is 0 Å². The maximum atomic E-state index is 14.3. The van der Waals surface area contributed by atoms with Crippen molar-refractivity contribution in [1.29, 1.82) is 0 Å². The Morgan fingerprint density at radius 1 is 1.21 bits per heavy atom. The van der Waals surface area contributed by atoms with Gasteiger partial charge in [0.05, 0.1) is 12.8 Å². The molecule has 0 saturated carbocycles. The minimum absolute atomic E-state index is 0.0305. The van der Waals surface area contributed by atoms with Crippen LogP contribution in [0.5, 0.6) is 5.75 Å². The van der Waals surface area contributed by atoms with E-state index >= 15 is 0 Å². The van der Waals surface area contributed by atoms with Crippen LogP contribution in [-0.2, 0) is 19.5 Å². The van der Waals surface area contributed by atoms with Crippen LogP contribution in [0.25, 0.3) is 11.4 Å². The summed E-state index contributed by atoms with van der Waals surface area (Å²) in [4.78, 5) is 21.8. The lowest BCUT2D eigenvalue weighted by Crippen LogP contribution is -2.35. The van der Waals surface area contributed by atoms with Gasteiger partial charge in [0.2, 0.25) is 0 Å². The van der Waals surface area contributed by atoms with Crippen LogP contribution in [0, 0.1) is 11.6 Å². The number of fused-ring (bicyclic) bond motifs is 1. The predicted molar refractivity (Wildman–Crippen MR) is 106 cm³/mol. The Bertz CT molecular complexity index is 1090. The number of nitrogens with zero attached hydrogens (tertiary/aromatic N) is 2. The standard InChI is InChI=1S/C21H18ClF2N3O2/c1-29-14-8-17(23)16(18(24)9-14)10-27-7-6-15-19(11-27)25-20(26-21(15)28)12-2-4-13(22)5-3-12/h2-5,8-9H,6-7,10-11H2,1H3,(H,25,26,28). The van der Waals surface area contributed by atoms with E-state index in [2.05, 4.69) is 9.97 Å². The van der Waals surface area contributed by atoms with Crippen molar-refractivity contribution < 1.29 is 13.5 Å². The van der Waals surface area contributed by atoms with Gasteiger partial charge in [-0.1, -0.05) is 11.6 Å². The van der Waals surface area contributed by atoms with Crippen LogP contribution < -0.4 is 10.3 Å². The molecule has 1 aliphatic heterocycles. The first kappa shape index (κ1) is 19.5. The Kier molecular flexibility index (Phi) is 5.34. The summed E-state index contributed by atoms with van der Waals surface area (Å²) in [5.74, 6) is -0.746. The maximum Gasteiger partial charge on any atom is 0.254 e. The molecule has 0 saturated heterocycles. The van der Waals surface area contributed by atoms with Crippen molar-refractivity contribution >= 4 is 11.6 Å². The summed E-state index contributed by atoms with van der Waals surface area (Å²) in [6, 6.07) is 9.32. The van der Waals surface area contributed by atoms with Crippen molar-refractivity contribution in [3.8, 4) is 17.1 Å². The van der Waals surface area contributed by atoms with Crippen molar-refractivity contribution in [2.45, 2.75) is 19.5 Å². The number of methoxy groups -OCH3 is 1. The lowest BCUT2D eigenvalue weighted by atomic mass is 10.0. The molecule has 2 aromatic carbocycles. The van der Waals surface area contributed by atoms with E-state index < -0.39 is 11.6 Å². The fourth-order valence-electron chi connectivity index (χ4n) is 3.45. The highest BCUT2D eigenvalue weighted by Crippen LogP contribution is 2.25. The third kappa shape index (κ3) is 4.02. The van der Waals surface area contributed by atoms with Crippen LogP contribution in [0.15, 0.2) is 41.2 Å².